The van der Waals surface area contributed by atoms with Gasteiger partial charge >= 0.3 is 5.97 Å². The van der Waals surface area contributed by atoms with Crippen molar-refractivity contribution in [3.63, 3.8) is 0 Å². The third-order valence-electron chi connectivity index (χ3n) is 4.91. The molecule has 0 bridgehead atoms. The zero-order valence-corrected chi connectivity index (χ0v) is 20.1. The number of carbonyl (C=O) groups is 1. The molecule has 0 saturated carbocycles. The molecule has 0 aromatic carbocycles. The molecule has 7 heteroatoms. The Kier molecular flexibility index (Phi) is 24.9. The fourth-order valence-electron chi connectivity index (χ4n) is 3.12. The van der Waals surface area contributed by atoms with Gasteiger partial charge < -0.3 is 28.8 Å². The Morgan fingerprint density at radius 2 is 1.00 bits per heavy atom. The maximum Gasteiger partial charge on any atom is 0.361 e. The van der Waals surface area contributed by atoms with Crippen LogP contribution in [-0.4, -0.2) is 70.2 Å². The summed E-state index contributed by atoms with van der Waals surface area (Å²) in [5.74, 6) is -1.10. The second-order valence-corrected chi connectivity index (χ2v) is 7.72. The van der Waals surface area contributed by atoms with E-state index in [1.807, 2.05) is 6.92 Å². The summed E-state index contributed by atoms with van der Waals surface area (Å²) in [5, 5.41) is 9.19. The van der Waals surface area contributed by atoms with Crippen molar-refractivity contribution in [1.29, 1.82) is 0 Å². The van der Waals surface area contributed by atoms with Crippen LogP contribution >= 0.6 is 0 Å². The Hall–Kier alpha value is -0.730. The number of rotatable bonds is 26. The molecule has 1 N–H and O–H groups in total. The van der Waals surface area contributed by atoms with Crippen LogP contribution in [0.4, 0.5) is 0 Å². The molecule has 186 valence electrons. The standard InChI is InChI=1S/C24H48O7/c1-3-5-6-7-8-9-10-11-12-13-14-15-16-30-24(23(25)26)31-22-21-29-20-19-28-18-17-27-4-2/h24H,3-22H2,1-2H3,(H,25,26). The van der Waals surface area contributed by atoms with Gasteiger partial charge in [0, 0.05) is 6.61 Å². The Morgan fingerprint density at radius 1 is 0.581 bits per heavy atom. The zero-order valence-electron chi connectivity index (χ0n) is 20.1. The largest absolute Gasteiger partial charge is 0.477 e. The lowest BCUT2D eigenvalue weighted by molar-refractivity contribution is -0.192. The lowest BCUT2D eigenvalue weighted by Crippen LogP contribution is -2.29. The molecule has 0 saturated heterocycles. The molecule has 0 rings (SSSR count). The van der Waals surface area contributed by atoms with Crippen molar-refractivity contribution in [2.24, 2.45) is 0 Å². The minimum Gasteiger partial charge on any atom is -0.477 e. The normalized spacial score (nSPS) is 12.3. The highest BCUT2D eigenvalue weighted by Crippen LogP contribution is 2.12. The number of hydrogen-bond acceptors (Lipinski definition) is 6. The monoisotopic (exact) mass is 448 g/mol. The number of ether oxygens (including phenoxy) is 5. The second kappa shape index (κ2) is 25.5. The number of unbranched alkanes of at least 4 members (excludes halogenated alkanes) is 11. The van der Waals surface area contributed by atoms with E-state index < -0.39 is 12.3 Å². The lowest BCUT2D eigenvalue weighted by atomic mass is 10.1. The highest BCUT2D eigenvalue weighted by molar-refractivity contribution is 5.70. The molecular weight excluding hydrogens is 400 g/mol. The summed E-state index contributed by atoms with van der Waals surface area (Å²) in [4.78, 5) is 11.2. The predicted molar refractivity (Wildman–Crippen MR) is 123 cm³/mol. The Morgan fingerprint density at radius 3 is 1.48 bits per heavy atom. The molecule has 0 radical (unpaired) electrons. The van der Waals surface area contributed by atoms with Crippen molar-refractivity contribution in [2.75, 3.05) is 52.9 Å². The lowest BCUT2D eigenvalue weighted by Gasteiger charge is -2.14. The van der Waals surface area contributed by atoms with Crippen LogP contribution in [0.15, 0.2) is 0 Å². The summed E-state index contributed by atoms with van der Waals surface area (Å²) in [5.41, 5.74) is 0. The van der Waals surface area contributed by atoms with Gasteiger partial charge in [0.25, 0.3) is 6.29 Å². The summed E-state index contributed by atoms with van der Waals surface area (Å²) >= 11 is 0. The molecule has 0 aromatic rings. The van der Waals surface area contributed by atoms with Crippen LogP contribution in [0, 0.1) is 0 Å². The van der Waals surface area contributed by atoms with Crippen LogP contribution in [0.5, 0.6) is 0 Å². The van der Waals surface area contributed by atoms with Gasteiger partial charge in [-0.1, -0.05) is 77.6 Å². The molecule has 7 nitrogen and oxygen atoms in total. The van der Waals surface area contributed by atoms with Crippen molar-refractivity contribution in [2.45, 2.75) is 97.2 Å². The van der Waals surface area contributed by atoms with Crippen LogP contribution in [0.3, 0.4) is 0 Å². The number of carboxylic acids is 1. The van der Waals surface area contributed by atoms with Gasteiger partial charge in [0.1, 0.15) is 0 Å². The Balaban J connectivity index is 3.42. The zero-order chi connectivity index (χ0) is 22.8. The van der Waals surface area contributed by atoms with Gasteiger partial charge in [0.05, 0.1) is 46.2 Å². The molecule has 0 heterocycles. The Labute approximate surface area is 190 Å². The topological polar surface area (TPSA) is 83.5 Å². The summed E-state index contributed by atoms with van der Waals surface area (Å²) in [7, 11) is 0. The first-order valence-corrected chi connectivity index (χ1v) is 12.4. The smallest absolute Gasteiger partial charge is 0.361 e. The minimum absolute atomic E-state index is 0.175. The van der Waals surface area contributed by atoms with Crippen LogP contribution in [0.25, 0.3) is 0 Å². The van der Waals surface area contributed by atoms with Crippen molar-refractivity contribution in [1.82, 2.24) is 0 Å². The van der Waals surface area contributed by atoms with E-state index in [4.69, 9.17) is 23.7 Å². The van der Waals surface area contributed by atoms with E-state index in [9.17, 15) is 9.90 Å². The van der Waals surface area contributed by atoms with Crippen molar-refractivity contribution >= 4 is 5.97 Å². The maximum atomic E-state index is 11.2. The minimum atomic E-state index is -1.22. The number of hydrogen-bond donors (Lipinski definition) is 1. The van der Waals surface area contributed by atoms with E-state index in [2.05, 4.69) is 6.92 Å². The van der Waals surface area contributed by atoms with Gasteiger partial charge in [-0.25, -0.2) is 4.79 Å². The number of carboxylic acid groups (broad SMARTS) is 1. The van der Waals surface area contributed by atoms with E-state index in [1.165, 1.54) is 64.2 Å². The predicted octanol–water partition coefficient (Wildman–Crippen LogP) is 5.20. The van der Waals surface area contributed by atoms with E-state index in [-0.39, 0.29) is 6.61 Å². The van der Waals surface area contributed by atoms with Gasteiger partial charge in [-0.3, -0.25) is 0 Å². The molecule has 0 aliphatic heterocycles. The molecule has 0 aliphatic rings. The highest BCUT2D eigenvalue weighted by atomic mass is 16.7. The van der Waals surface area contributed by atoms with Crippen LogP contribution in [-0.2, 0) is 28.5 Å². The maximum absolute atomic E-state index is 11.2. The average molecular weight is 449 g/mol. The highest BCUT2D eigenvalue weighted by Gasteiger charge is 2.18. The first-order valence-electron chi connectivity index (χ1n) is 12.4. The SMILES string of the molecule is CCCCCCCCCCCCCCOC(OCCOCCOCCOCC)C(=O)O. The molecule has 0 aromatic heterocycles. The third kappa shape index (κ3) is 23.8. The fraction of sp³-hybridized carbons (Fsp3) is 0.958. The molecule has 0 fully saturated rings. The van der Waals surface area contributed by atoms with Gasteiger partial charge in [0.2, 0.25) is 0 Å². The fourth-order valence-corrected chi connectivity index (χ4v) is 3.12. The molecule has 1 unspecified atom stereocenters. The summed E-state index contributed by atoms with van der Waals surface area (Å²) in [6.07, 6.45) is 13.9. The van der Waals surface area contributed by atoms with Gasteiger partial charge in [0.15, 0.2) is 0 Å². The van der Waals surface area contributed by atoms with E-state index >= 15 is 0 Å². The summed E-state index contributed by atoms with van der Waals surface area (Å²) in [6.45, 7) is 7.80. The first-order chi connectivity index (χ1) is 15.2. The summed E-state index contributed by atoms with van der Waals surface area (Å²) < 4.78 is 26.5. The summed E-state index contributed by atoms with van der Waals surface area (Å²) in [6, 6.07) is 0. The molecule has 0 amide bonds. The first kappa shape index (κ1) is 30.3. The molecule has 1 atom stereocenters. The van der Waals surface area contributed by atoms with E-state index in [0.29, 0.717) is 46.2 Å². The van der Waals surface area contributed by atoms with Crippen molar-refractivity contribution in [3.8, 4) is 0 Å². The van der Waals surface area contributed by atoms with Gasteiger partial charge in [-0.15, -0.1) is 0 Å². The molecule has 0 spiro atoms. The van der Waals surface area contributed by atoms with E-state index in [1.54, 1.807) is 0 Å². The van der Waals surface area contributed by atoms with Crippen LogP contribution < -0.4 is 0 Å². The van der Waals surface area contributed by atoms with Crippen molar-refractivity contribution in [3.05, 3.63) is 0 Å². The van der Waals surface area contributed by atoms with Crippen LogP contribution in [0.1, 0.15) is 90.9 Å². The van der Waals surface area contributed by atoms with E-state index in [0.717, 1.165) is 12.8 Å². The van der Waals surface area contributed by atoms with Crippen molar-refractivity contribution < 1.29 is 33.6 Å². The Bertz CT molecular complexity index is 366. The average Bonchev–Trinajstić information content (AvgIpc) is 2.76. The van der Waals surface area contributed by atoms with Gasteiger partial charge in [-0.05, 0) is 13.3 Å². The van der Waals surface area contributed by atoms with Crippen LogP contribution in [0.2, 0.25) is 0 Å². The van der Waals surface area contributed by atoms with Gasteiger partial charge in [-0.2, -0.15) is 0 Å². The molecule has 0 aliphatic carbocycles. The molecule has 31 heavy (non-hydrogen) atoms. The second-order valence-electron chi connectivity index (χ2n) is 7.72. The molecular formula is C24H48O7. The third-order valence-corrected chi connectivity index (χ3v) is 4.91. The number of aliphatic carboxylic acids is 1. The quantitative estimate of drug-likeness (QED) is 0.144.